The van der Waals surface area contributed by atoms with E-state index in [9.17, 15) is 8.42 Å². The molecule has 1 atom stereocenters. The van der Waals surface area contributed by atoms with E-state index < -0.39 is 10.0 Å². The van der Waals surface area contributed by atoms with Crippen LogP contribution in [-0.4, -0.2) is 44.1 Å². The lowest BCUT2D eigenvalue weighted by molar-refractivity contribution is 0.529. The van der Waals surface area contributed by atoms with Gasteiger partial charge in [-0.3, -0.25) is 4.31 Å². The molecule has 8 heteroatoms. The fourth-order valence-electron chi connectivity index (χ4n) is 2.15. The summed E-state index contributed by atoms with van der Waals surface area (Å²) in [7, 11) is 1.43. The molecule has 2 rings (SSSR count). The van der Waals surface area contributed by atoms with E-state index in [0.29, 0.717) is 11.5 Å². The Hall–Kier alpha value is -2.09. The van der Waals surface area contributed by atoms with Crippen LogP contribution in [0.2, 0.25) is 0 Å². The molecule has 0 aliphatic heterocycles. The maximum Gasteiger partial charge on any atom is 0.283 e. The molecule has 0 radical (unpaired) electrons. The first-order chi connectivity index (χ1) is 10.8. The number of hydrogen-bond acceptors (Lipinski definition) is 5. The predicted molar refractivity (Wildman–Crippen MR) is 91.4 cm³/mol. The van der Waals surface area contributed by atoms with Crippen LogP contribution in [0.4, 0.5) is 11.5 Å². The number of sulfonamides is 1. The molecule has 0 saturated carbocycles. The number of nitrogens with zero attached hydrogens (tertiary/aromatic N) is 5. The minimum atomic E-state index is -3.73. The molecule has 7 nitrogen and oxygen atoms in total. The zero-order valence-corrected chi connectivity index (χ0v) is 14.9. The highest BCUT2D eigenvalue weighted by atomic mass is 32.2. The molecular weight excluding hydrogens is 314 g/mol. The second-order valence-electron chi connectivity index (χ2n) is 5.63. The first-order valence-electron chi connectivity index (χ1n) is 7.43. The van der Waals surface area contributed by atoms with Gasteiger partial charge >= 0.3 is 0 Å². The van der Waals surface area contributed by atoms with Crippen LogP contribution in [0.3, 0.4) is 0 Å². The highest BCUT2D eigenvalue weighted by molar-refractivity contribution is 7.92. The van der Waals surface area contributed by atoms with Gasteiger partial charge in [-0.05, 0) is 25.5 Å². The first-order valence-corrected chi connectivity index (χ1v) is 8.87. The molecule has 2 heterocycles. The fourth-order valence-corrected chi connectivity index (χ4v) is 3.27. The lowest BCUT2D eigenvalue weighted by Crippen LogP contribution is -2.29. The van der Waals surface area contributed by atoms with Gasteiger partial charge in [-0.2, -0.15) is 8.42 Å². The van der Waals surface area contributed by atoms with Crippen LogP contribution in [0.25, 0.3) is 0 Å². The zero-order valence-electron chi connectivity index (χ0n) is 14.1. The number of rotatable bonds is 6. The normalized spacial score (nSPS) is 12.9. The van der Waals surface area contributed by atoms with Gasteiger partial charge in [0.15, 0.2) is 10.8 Å². The minimum Gasteiger partial charge on any atom is -0.361 e. The minimum absolute atomic E-state index is 0.0360. The molecule has 0 spiro atoms. The van der Waals surface area contributed by atoms with Crippen molar-refractivity contribution in [2.75, 3.05) is 30.3 Å². The van der Waals surface area contributed by atoms with Gasteiger partial charge in [0.05, 0.1) is 12.0 Å². The summed E-state index contributed by atoms with van der Waals surface area (Å²) in [6.45, 7) is 4.07. The highest BCUT2D eigenvalue weighted by Crippen LogP contribution is 2.28. The van der Waals surface area contributed by atoms with E-state index in [2.05, 4.69) is 9.97 Å². The van der Waals surface area contributed by atoms with Gasteiger partial charge in [-0.25, -0.2) is 9.97 Å². The van der Waals surface area contributed by atoms with Crippen molar-refractivity contribution in [3.63, 3.8) is 0 Å². The van der Waals surface area contributed by atoms with Crippen molar-refractivity contribution in [2.24, 2.45) is 0 Å². The quantitative estimate of drug-likeness (QED) is 0.807. The van der Waals surface area contributed by atoms with Gasteiger partial charge in [-0.15, -0.1) is 0 Å². The van der Waals surface area contributed by atoms with Crippen LogP contribution in [0, 0.1) is 0 Å². The lowest BCUT2D eigenvalue weighted by atomic mass is 10.3. The Morgan fingerprint density at radius 1 is 1.26 bits per heavy atom. The van der Waals surface area contributed by atoms with Crippen LogP contribution in [-0.2, 0) is 10.0 Å². The molecule has 0 amide bonds. The van der Waals surface area contributed by atoms with Gasteiger partial charge in [0, 0.05) is 39.6 Å². The van der Waals surface area contributed by atoms with Crippen LogP contribution < -0.4 is 9.21 Å². The van der Waals surface area contributed by atoms with E-state index in [1.165, 1.54) is 11.4 Å². The summed E-state index contributed by atoms with van der Waals surface area (Å²) in [4.78, 5) is 10.1. The number of aromatic nitrogens is 3. The predicted octanol–water partition coefficient (Wildman–Crippen LogP) is 2.14. The Labute approximate surface area is 137 Å². The SMILES string of the molecule is CC[C@H](C)n1cnc(S(=O)(=O)N(C)c2cccnc2N(C)C)c1. The third-order valence-corrected chi connectivity index (χ3v) is 5.49. The summed E-state index contributed by atoms with van der Waals surface area (Å²) in [6.07, 6.45) is 5.67. The van der Waals surface area contributed by atoms with Crippen molar-refractivity contribution in [3.8, 4) is 0 Å². The second kappa shape index (κ2) is 6.57. The monoisotopic (exact) mass is 337 g/mol. The van der Waals surface area contributed by atoms with Crippen molar-refractivity contribution in [1.82, 2.24) is 14.5 Å². The van der Waals surface area contributed by atoms with E-state index in [4.69, 9.17) is 0 Å². The Morgan fingerprint density at radius 2 is 1.96 bits per heavy atom. The van der Waals surface area contributed by atoms with Gasteiger partial charge in [0.1, 0.15) is 0 Å². The van der Waals surface area contributed by atoms with Crippen molar-refractivity contribution in [2.45, 2.75) is 31.3 Å². The number of imidazole rings is 1. The van der Waals surface area contributed by atoms with E-state index in [-0.39, 0.29) is 11.1 Å². The number of pyridine rings is 1. The molecular formula is C15H23N5O2S. The highest BCUT2D eigenvalue weighted by Gasteiger charge is 2.27. The Kier molecular flexibility index (Phi) is 4.93. The number of anilines is 2. The molecule has 0 bridgehead atoms. The molecule has 0 N–H and O–H groups in total. The average Bonchev–Trinajstić information content (AvgIpc) is 3.04. The maximum atomic E-state index is 12.8. The molecule has 2 aromatic rings. The molecule has 0 fully saturated rings. The molecule has 2 aromatic heterocycles. The molecule has 126 valence electrons. The van der Waals surface area contributed by atoms with E-state index in [0.717, 1.165) is 6.42 Å². The zero-order chi connectivity index (χ0) is 17.2. The summed E-state index contributed by atoms with van der Waals surface area (Å²) in [5.74, 6) is 0.583. The third kappa shape index (κ3) is 3.31. The third-order valence-electron chi connectivity index (χ3n) is 3.83. The Balaban J connectivity index is 2.42. The summed E-state index contributed by atoms with van der Waals surface area (Å²) in [5.41, 5.74) is 0.510. The first kappa shape index (κ1) is 17.3. The smallest absolute Gasteiger partial charge is 0.283 e. The summed E-state index contributed by atoms with van der Waals surface area (Å²) < 4.78 is 28.7. The molecule has 23 heavy (non-hydrogen) atoms. The summed E-state index contributed by atoms with van der Waals surface area (Å²) in [5, 5.41) is 0.0360. The van der Waals surface area contributed by atoms with Crippen molar-refractivity contribution < 1.29 is 8.42 Å². The summed E-state index contributed by atoms with van der Waals surface area (Å²) >= 11 is 0. The molecule has 0 unspecified atom stereocenters. The topological polar surface area (TPSA) is 71.3 Å². The Bertz CT molecular complexity index is 770. The largest absolute Gasteiger partial charge is 0.361 e. The fraction of sp³-hybridized carbons (Fsp3) is 0.467. The van der Waals surface area contributed by atoms with Gasteiger partial charge in [-0.1, -0.05) is 6.92 Å². The van der Waals surface area contributed by atoms with Crippen molar-refractivity contribution >= 4 is 21.5 Å². The standard InChI is InChI=1S/C15H23N5O2S/c1-6-12(2)20-10-14(17-11-20)23(21,22)19(5)13-8-7-9-16-15(13)18(3)4/h7-12H,6H2,1-5H3/t12-/m0/s1. The van der Waals surface area contributed by atoms with Crippen LogP contribution in [0.1, 0.15) is 26.3 Å². The second-order valence-corrected chi connectivity index (χ2v) is 7.55. The number of hydrogen-bond donors (Lipinski definition) is 0. The molecule has 0 aromatic carbocycles. The maximum absolute atomic E-state index is 12.8. The molecule has 0 aliphatic rings. The van der Waals surface area contributed by atoms with Gasteiger partial charge < -0.3 is 9.47 Å². The molecule has 0 saturated heterocycles. The molecule has 0 aliphatic carbocycles. The van der Waals surface area contributed by atoms with Gasteiger partial charge in [0.2, 0.25) is 0 Å². The van der Waals surface area contributed by atoms with Crippen LogP contribution in [0.5, 0.6) is 0 Å². The Morgan fingerprint density at radius 3 is 2.57 bits per heavy atom. The van der Waals surface area contributed by atoms with Crippen LogP contribution >= 0.6 is 0 Å². The van der Waals surface area contributed by atoms with Crippen molar-refractivity contribution in [1.29, 1.82) is 0 Å². The van der Waals surface area contributed by atoms with E-state index >= 15 is 0 Å². The average molecular weight is 337 g/mol. The van der Waals surface area contributed by atoms with Gasteiger partial charge in [0.25, 0.3) is 10.0 Å². The van der Waals surface area contributed by atoms with Crippen LogP contribution in [0.15, 0.2) is 35.9 Å². The van der Waals surface area contributed by atoms with E-state index in [1.54, 1.807) is 35.8 Å². The summed E-state index contributed by atoms with van der Waals surface area (Å²) in [6, 6.07) is 3.64. The lowest BCUT2D eigenvalue weighted by Gasteiger charge is -2.23. The van der Waals surface area contributed by atoms with Crippen molar-refractivity contribution in [3.05, 3.63) is 30.9 Å². The van der Waals surface area contributed by atoms with E-state index in [1.807, 2.05) is 32.5 Å².